The first kappa shape index (κ1) is 52.2. The fourth-order valence-corrected chi connectivity index (χ4v) is 10.6. The zero-order chi connectivity index (χ0) is 61.3. The average Bonchev–Trinajstić information content (AvgIpc) is 4.09. The van der Waals surface area contributed by atoms with Crippen LogP contribution in [0.1, 0.15) is 317 Å². The summed E-state index contributed by atoms with van der Waals surface area (Å²) in [6.45, 7) is 37.9. The molecule has 5 aromatic rings. The number of hydrogen-bond donors (Lipinski definition) is 0. The van der Waals surface area contributed by atoms with Crippen LogP contribution in [-0.2, 0) is 32.5 Å². The summed E-state index contributed by atoms with van der Waals surface area (Å²) in [7, 11) is 0. The molecule has 0 heterocycles. The molecule has 3 saturated carbocycles. The highest BCUT2D eigenvalue weighted by Gasteiger charge is 2.30. The molecule has 0 spiro atoms. The fourth-order valence-electron chi connectivity index (χ4n) is 10.6. The third kappa shape index (κ3) is 19.9. The van der Waals surface area contributed by atoms with Crippen LogP contribution in [0.2, 0.25) is 0 Å². The van der Waals surface area contributed by atoms with E-state index in [1.54, 1.807) is 35.4 Å². The molecule has 3 aliphatic carbocycles. The molecule has 1 atom stereocenters. The van der Waals surface area contributed by atoms with Gasteiger partial charge in [0.2, 0.25) is 0 Å². The van der Waals surface area contributed by atoms with Crippen molar-refractivity contribution in [1.82, 2.24) is 0 Å². The molecular formula is C74H112. The van der Waals surface area contributed by atoms with E-state index in [0.717, 1.165) is 29.9 Å². The van der Waals surface area contributed by atoms with Gasteiger partial charge >= 0.3 is 0 Å². The van der Waals surface area contributed by atoms with Gasteiger partial charge in [0.1, 0.15) is 0 Å². The van der Waals surface area contributed by atoms with Gasteiger partial charge in [0.25, 0.3) is 0 Å². The minimum absolute atomic E-state index is 0.0750. The van der Waals surface area contributed by atoms with Gasteiger partial charge < -0.3 is 0 Å². The lowest BCUT2D eigenvalue weighted by molar-refractivity contribution is 0.443. The maximum absolute atomic E-state index is 8.25. The topological polar surface area (TPSA) is 0 Å². The van der Waals surface area contributed by atoms with Crippen molar-refractivity contribution in [2.75, 3.05) is 0 Å². The molecule has 408 valence electrons. The second-order valence-corrected chi connectivity index (χ2v) is 27.9. The Hall–Kier alpha value is -3.90. The molecule has 3 aliphatic rings. The predicted molar refractivity (Wildman–Crippen MR) is 331 cm³/mol. The summed E-state index contributed by atoms with van der Waals surface area (Å²) >= 11 is 0. The molecule has 3 fully saturated rings. The molecule has 0 bridgehead atoms. The standard InChI is InChI=1S/2C16H24.C15H22.C14H22.C13H20/c1-15(2,3)13-7-9-14(10-8-13)16(4)11-5-6-12-16;1-16(2,3)15-11-9-14(10-12-15)13-7-5-4-6-8-13;1-15(2,3)14-10-8-13(9-11-14)12-6-4-5-7-12;1-6-11(2)12-7-9-13(10-8-12)14(3,4)5;1-10(2)11-6-8-12(9-7-11)13(3,4)5/h7-10H,5-6,11-12H2,1-4H3;9-13H,4-8H2,1-3H3;8-12H,4-7H2,1-3H3;7-11H,6H2,1-5H3;6-10H,1-5H3/i;;;2D3,6D2,11D;10D. The Morgan fingerprint density at radius 2 is 0.716 bits per heavy atom. The van der Waals surface area contributed by atoms with Crippen LogP contribution in [0.25, 0.3) is 0 Å². The van der Waals surface area contributed by atoms with Gasteiger partial charge in [-0.2, -0.15) is 0 Å². The normalized spacial score (nSPS) is 19.2. The van der Waals surface area contributed by atoms with Crippen molar-refractivity contribution in [2.24, 2.45) is 0 Å². The lowest BCUT2D eigenvalue weighted by atomic mass is 9.79. The van der Waals surface area contributed by atoms with Crippen LogP contribution in [0.4, 0.5) is 0 Å². The summed E-state index contributed by atoms with van der Waals surface area (Å²) in [5, 5.41) is 0. The maximum atomic E-state index is 8.25. The van der Waals surface area contributed by atoms with E-state index in [4.69, 9.17) is 9.60 Å². The van der Waals surface area contributed by atoms with E-state index in [2.05, 4.69) is 187 Å². The second-order valence-electron chi connectivity index (χ2n) is 27.9. The summed E-state index contributed by atoms with van der Waals surface area (Å²) in [5.41, 5.74) is 14.0. The van der Waals surface area contributed by atoms with Crippen LogP contribution in [0, 0.1) is 0 Å². The fraction of sp³-hybridized carbons (Fsp3) is 0.595. The second kappa shape index (κ2) is 27.4. The Balaban J connectivity index is 0.000000219. The van der Waals surface area contributed by atoms with Gasteiger partial charge in [-0.15, -0.1) is 0 Å². The minimum Gasteiger partial charge on any atom is -0.0648 e. The largest absolute Gasteiger partial charge is 0.0648 e. The lowest BCUT2D eigenvalue weighted by Crippen LogP contribution is -2.17. The molecule has 0 aliphatic heterocycles. The molecule has 5 aromatic carbocycles. The molecule has 0 amide bonds. The van der Waals surface area contributed by atoms with Crippen LogP contribution >= 0.6 is 0 Å². The van der Waals surface area contributed by atoms with Gasteiger partial charge in [-0.3, -0.25) is 0 Å². The molecular weight excluding hydrogens is 889 g/mol. The highest BCUT2D eigenvalue weighted by Crippen LogP contribution is 2.41. The van der Waals surface area contributed by atoms with E-state index in [-0.39, 0.29) is 32.6 Å². The van der Waals surface area contributed by atoms with Crippen LogP contribution in [0.5, 0.6) is 0 Å². The van der Waals surface area contributed by atoms with E-state index >= 15 is 0 Å². The molecule has 1 unspecified atom stereocenters. The minimum atomic E-state index is -2.74. The Morgan fingerprint density at radius 1 is 0.432 bits per heavy atom. The molecule has 8 rings (SSSR count). The smallest absolute Gasteiger partial charge is 0.0349 e. The highest BCUT2D eigenvalue weighted by molar-refractivity contribution is 5.34. The first-order valence-corrected chi connectivity index (χ1v) is 29.0. The monoisotopic (exact) mass is 1010 g/mol. The van der Waals surface area contributed by atoms with E-state index < -0.39 is 25.0 Å². The SMILES string of the molecule is CC(C)(C)c1ccc(C2(C)CCCC2)cc1.CC(C)(C)c1ccc(C2CCCC2)cc1.CC(C)(C)c1ccc(C2CCCCC2)cc1.[2H]C(C)(C)c1ccc(C(C)(C)C)cc1.[2H]C([2H])([2H])C([2H])(c1ccc(C(C)(C)C)cc1)C([2H])([2H])C. The summed E-state index contributed by atoms with van der Waals surface area (Å²) in [5.74, 6) is -1.09. The van der Waals surface area contributed by atoms with Crippen molar-refractivity contribution >= 4 is 0 Å². The van der Waals surface area contributed by atoms with Crippen LogP contribution < -0.4 is 0 Å². The van der Waals surface area contributed by atoms with E-state index in [1.165, 1.54) is 111 Å². The molecule has 0 nitrogen and oxygen atoms in total. The average molecular weight is 1010 g/mol. The van der Waals surface area contributed by atoms with Crippen molar-refractivity contribution in [3.63, 3.8) is 0 Å². The van der Waals surface area contributed by atoms with Gasteiger partial charge in [-0.25, -0.2) is 0 Å². The maximum Gasteiger partial charge on any atom is 0.0349 e. The molecule has 0 N–H and O–H groups in total. The summed E-state index contributed by atoms with van der Waals surface area (Å²) in [4.78, 5) is 0. The van der Waals surface area contributed by atoms with E-state index in [1.807, 2.05) is 34.6 Å². The lowest BCUT2D eigenvalue weighted by Gasteiger charge is -2.26. The number of benzene rings is 5. The highest BCUT2D eigenvalue weighted by atomic mass is 14.4. The predicted octanol–water partition coefficient (Wildman–Crippen LogP) is 23.1. The number of rotatable bonds is 6. The third-order valence-corrected chi connectivity index (χ3v) is 16.2. The van der Waals surface area contributed by atoms with Gasteiger partial charge in [0.15, 0.2) is 0 Å². The van der Waals surface area contributed by atoms with Gasteiger partial charge in [0, 0.05) is 9.60 Å². The third-order valence-electron chi connectivity index (χ3n) is 16.2. The van der Waals surface area contributed by atoms with Crippen molar-refractivity contribution in [3.05, 3.63) is 177 Å². The van der Waals surface area contributed by atoms with Crippen molar-refractivity contribution in [3.8, 4) is 0 Å². The molecule has 0 radical (unpaired) electrons. The first-order valence-electron chi connectivity index (χ1n) is 32.5. The zero-order valence-electron chi connectivity index (χ0n) is 57.9. The van der Waals surface area contributed by atoms with Gasteiger partial charge in [0.05, 0.1) is 0 Å². The summed E-state index contributed by atoms with van der Waals surface area (Å²) < 4.78 is 54.4. The quantitative estimate of drug-likeness (QED) is 0.159. The van der Waals surface area contributed by atoms with Gasteiger partial charge in [-0.05, 0) is 157 Å². The Labute approximate surface area is 469 Å². The van der Waals surface area contributed by atoms with Crippen molar-refractivity contribution < 1.29 is 9.60 Å². The molecule has 0 aromatic heterocycles. The van der Waals surface area contributed by atoms with Gasteiger partial charge in [-0.1, -0.05) is 305 Å². The summed E-state index contributed by atoms with van der Waals surface area (Å²) in [6, 6.07) is 43.1. The molecule has 74 heavy (non-hydrogen) atoms. The molecule has 0 heteroatoms. The summed E-state index contributed by atoms with van der Waals surface area (Å²) in [6.07, 6.45) is 16.1. The Morgan fingerprint density at radius 3 is 1.00 bits per heavy atom. The van der Waals surface area contributed by atoms with E-state index in [0.29, 0.717) is 5.41 Å². The van der Waals surface area contributed by atoms with E-state index in [9.17, 15) is 0 Å². The Kier molecular flexibility index (Phi) is 19.3. The van der Waals surface area contributed by atoms with Crippen LogP contribution in [0.3, 0.4) is 0 Å². The Bertz CT molecular complexity index is 2560. The van der Waals surface area contributed by atoms with Crippen molar-refractivity contribution in [1.29, 1.82) is 0 Å². The molecule has 0 saturated heterocycles. The number of hydrogen-bond acceptors (Lipinski definition) is 0. The van der Waals surface area contributed by atoms with Crippen LogP contribution in [0.15, 0.2) is 121 Å². The van der Waals surface area contributed by atoms with Crippen molar-refractivity contribution in [2.45, 2.75) is 284 Å². The van der Waals surface area contributed by atoms with Crippen LogP contribution in [-0.4, -0.2) is 0 Å². The zero-order valence-corrected chi connectivity index (χ0v) is 50.9. The first-order chi connectivity index (χ1) is 37.0.